The number of hydrogen-bond donors (Lipinski definition) is 1. The van der Waals surface area contributed by atoms with E-state index in [9.17, 15) is 10.1 Å². The summed E-state index contributed by atoms with van der Waals surface area (Å²) in [6.07, 6.45) is 2.26. The largest absolute Gasteiger partial charge is 0.454 e. The van der Waals surface area contributed by atoms with Gasteiger partial charge in [-0.25, -0.2) is 0 Å². The molecule has 0 atom stereocenters. The smallest absolute Gasteiger partial charge is 0.372 e. The van der Waals surface area contributed by atoms with Gasteiger partial charge >= 0.3 is 5.82 Å². The predicted molar refractivity (Wildman–Crippen MR) is 78.3 cm³/mol. The summed E-state index contributed by atoms with van der Waals surface area (Å²) in [5, 5.41) is 15.9. The van der Waals surface area contributed by atoms with Gasteiger partial charge in [0.2, 0.25) is 5.82 Å². The molecule has 1 N–H and O–H groups in total. The molecule has 0 saturated heterocycles. The van der Waals surface area contributed by atoms with E-state index in [0.29, 0.717) is 22.6 Å². The summed E-state index contributed by atoms with van der Waals surface area (Å²) >= 11 is 4.58. The van der Waals surface area contributed by atoms with Gasteiger partial charge < -0.3 is 19.8 Å². The van der Waals surface area contributed by atoms with Gasteiger partial charge in [-0.2, -0.15) is 9.38 Å². The van der Waals surface area contributed by atoms with E-state index in [1.54, 1.807) is 11.6 Å². The molecule has 9 heteroatoms. The second-order valence-corrected chi connectivity index (χ2v) is 5.63. The number of hydrogen-bond acceptors (Lipinski definition) is 6. The number of fused-ring (bicyclic) bond motifs is 1. The van der Waals surface area contributed by atoms with Crippen molar-refractivity contribution in [3.63, 3.8) is 0 Å². The quantitative estimate of drug-likeness (QED) is 0.559. The highest BCUT2D eigenvalue weighted by atomic mass is 79.9. The number of nitro groups is 1. The van der Waals surface area contributed by atoms with Crippen molar-refractivity contribution in [3.8, 4) is 0 Å². The molecule has 0 aliphatic heterocycles. The van der Waals surface area contributed by atoms with Gasteiger partial charge in [-0.1, -0.05) is 11.3 Å². The van der Waals surface area contributed by atoms with Crippen molar-refractivity contribution >= 4 is 43.9 Å². The summed E-state index contributed by atoms with van der Waals surface area (Å²) in [4.78, 5) is 15.5. The summed E-state index contributed by atoms with van der Waals surface area (Å²) < 4.78 is 7.50. The molecule has 0 radical (unpaired) electrons. The number of anilines is 1. The normalized spacial score (nSPS) is 11.1. The van der Waals surface area contributed by atoms with E-state index in [0.717, 1.165) is 5.76 Å². The number of furan rings is 1. The lowest BCUT2D eigenvalue weighted by molar-refractivity contribution is -0.389. The summed E-state index contributed by atoms with van der Waals surface area (Å²) in [6, 6.07) is 3.66. The third kappa shape index (κ3) is 2.41. The van der Waals surface area contributed by atoms with Crippen LogP contribution in [0.15, 0.2) is 32.8 Å². The first kappa shape index (κ1) is 13.1. The Hall–Kier alpha value is -1.87. The maximum absolute atomic E-state index is 11.1. The monoisotopic (exact) mass is 356 g/mol. The Morgan fingerprint density at radius 2 is 2.40 bits per heavy atom. The van der Waals surface area contributed by atoms with Gasteiger partial charge in [0.25, 0.3) is 4.96 Å². The van der Waals surface area contributed by atoms with Crippen LogP contribution >= 0.6 is 27.3 Å². The van der Waals surface area contributed by atoms with E-state index >= 15 is 0 Å². The summed E-state index contributed by atoms with van der Waals surface area (Å²) in [7, 11) is 0. The van der Waals surface area contributed by atoms with Crippen LogP contribution < -0.4 is 5.32 Å². The third-order valence-corrected chi connectivity index (χ3v) is 3.89. The Morgan fingerprint density at radius 1 is 1.55 bits per heavy atom. The summed E-state index contributed by atoms with van der Waals surface area (Å²) in [5.74, 6) is 1.04. The molecule has 0 spiro atoms. The summed E-state index contributed by atoms with van der Waals surface area (Å²) in [5.41, 5.74) is 0. The lowest BCUT2D eigenvalue weighted by atomic mass is 10.3. The fourth-order valence-electron chi connectivity index (χ4n) is 1.86. The first-order chi connectivity index (χ1) is 9.65. The van der Waals surface area contributed by atoms with Crippen LogP contribution in [0.4, 0.5) is 11.6 Å². The Kier molecular flexibility index (Phi) is 3.45. The molecule has 0 aliphatic rings. The van der Waals surface area contributed by atoms with Gasteiger partial charge in [0.15, 0.2) is 4.67 Å². The number of nitrogens with zero attached hydrogens (tertiary/aromatic N) is 3. The fourth-order valence-corrected chi connectivity index (χ4v) is 2.91. The molecule has 0 saturated carbocycles. The molecule has 0 aromatic carbocycles. The molecule has 3 heterocycles. The molecular formula is C11H9BrN4O3S. The number of halogens is 1. The average Bonchev–Trinajstić information content (AvgIpc) is 3.04. The van der Waals surface area contributed by atoms with Crippen LogP contribution in [0.3, 0.4) is 0 Å². The molecule has 0 unspecified atom stereocenters. The van der Waals surface area contributed by atoms with Gasteiger partial charge in [-0.05, 0) is 33.0 Å². The molecule has 0 amide bonds. The molecule has 0 fully saturated rings. The molecular weight excluding hydrogens is 348 g/mol. The van der Waals surface area contributed by atoms with E-state index in [1.807, 2.05) is 12.1 Å². The number of imidazole rings is 1. The topological polar surface area (TPSA) is 85.6 Å². The minimum atomic E-state index is -0.432. The van der Waals surface area contributed by atoms with Gasteiger partial charge in [0, 0.05) is 18.3 Å². The van der Waals surface area contributed by atoms with Gasteiger partial charge in [0.05, 0.1) is 0 Å². The van der Waals surface area contributed by atoms with Gasteiger partial charge in [-0.3, -0.25) is 0 Å². The molecule has 3 aromatic heterocycles. The number of thiazole rings is 1. The van der Waals surface area contributed by atoms with Crippen LogP contribution in [0.2, 0.25) is 0 Å². The number of nitrogens with one attached hydrogen (secondary N) is 1. The lowest BCUT2D eigenvalue weighted by Crippen LogP contribution is -2.06. The second-order valence-electron chi connectivity index (χ2n) is 3.98. The van der Waals surface area contributed by atoms with Gasteiger partial charge in [-0.15, -0.1) is 0 Å². The van der Waals surface area contributed by atoms with Crippen molar-refractivity contribution in [2.45, 2.75) is 6.42 Å². The zero-order chi connectivity index (χ0) is 14.1. The van der Waals surface area contributed by atoms with Crippen molar-refractivity contribution < 1.29 is 9.34 Å². The highest BCUT2D eigenvalue weighted by molar-refractivity contribution is 9.10. The number of aromatic nitrogens is 2. The third-order valence-electron chi connectivity index (χ3n) is 2.70. The molecule has 3 rings (SSSR count). The van der Waals surface area contributed by atoms with E-state index in [4.69, 9.17) is 4.42 Å². The number of rotatable bonds is 5. The lowest BCUT2D eigenvalue weighted by Gasteiger charge is -2.01. The summed E-state index contributed by atoms with van der Waals surface area (Å²) in [6.45, 7) is 0.506. The zero-order valence-electron chi connectivity index (χ0n) is 10.1. The second kappa shape index (κ2) is 5.25. The van der Waals surface area contributed by atoms with Crippen LogP contribution in [-0.4, -0.2) is 20.9 Å². The first-order valence-electron chi connectivity index (χ1n) is 5.73. The van der Waals surface area contributed by atoms with E-state index in [1.165, 1.54) is 15.7 Å². The van der Waals surface area contributed by atoms with Crippen molar-refractivity contribution in [2.24, 2.45) is 0 Å². The highest BCUT2D eigenvalue weighted by Gasteiger charge is 2.23. The van der Waals surface area contributed by atoms with Crippen LogP contribution in [0, 0.1) is 10.1 Å². The maximum atomic E-state index is 11.1. The van der Waals surface area contributed by atoms with Gasteiger partial charge in [0.1, 0.15) is 12.0 Å². The van der Waals surface area contributed by atoms with E-state index in [2.05, 4.69) is 26.2 Å². The van der Waals surface area contributed by atoms with Crippen LogP contribution in [0.25, 0.3) is 4.96 Å². The molecule has 7 nitrogen and oxygen atoms in total. The van der Waals surface area contributed by atoms with E-state index in [-0.39, 0.29) is 11.6 Å². The maximum Gasteiger partial charge on any atom is 0.372 e. The molecule has 20 heavy (non-hydrogen) atoms. The Bertz CT molecular complexity index is 763. The van der Waals surface area contributed by atoms with Crippen molar-refractivity contribution in [1.29, 1.82) is 0 Å². The molecule has 104 valence electrons. The zero-order valence-corrected chi connectivity index (χ0v) is 12.5. The standard InChI is InChI=1S/C11H9BrN4O3S/c12-8-2-1-7(19-8)3-4-13-9-10(16(17)18)15-5-6-20-11(15)14-9/h1-2,5-6,13H,3-4H2. The fraction of sp³-hybridized carbons (Fsp3) is 0.182. The highest BCUT2D eigenvalue weighted by Crippen LogP contribution is 2.27. The molecule has 0 aliphatic carbocycles. The minimum Gasteiger partial charge on any atom is -0.454 e. The first-order valence-corrected chi connectivity index (χ1v) is 7.40. The van der Waals surface area contributed by atoms with Crippen LogP contribution in [-0.2, 0) is 6.42 Å². The Morgan fingerprint density at radius 3 is 3.10 bits per heavy atom. The molecule has 0 bridgehead atoms. The Balaban J connectivity index is 1.75. The van der Waals surface area contributed by atoms with Crippen molar-refractivity contribution in [1.82, 2.24) is 9.38 Å². The van der Waals surface area contributed by atoms with Crippen molar-refractivity contribution in [2.75, 3.05) is 11.9 Å². The predicted octanol–water partition coefficient (Wildman–Crippen LogP) is 3.31. The minimum absolute atomic E-state index is 0.0399. The Labute approximate surface area is 125 Å². The van der Waals surface area contributed by atoms with Crippen LogP contribution in [0.5, 0.6) is 0 Å². The average molecular weight is 357 g/mol. The van der Waals surface area contributed by atoms with Crippen molar-refractivity contribution in [3.05, 3.63) is 44.3 Å². The molecule has 3 aromatic rings. The SMILES string of the molecule is O=[N+]([O-])c1c(NCCc2ccc(Br)o2)nc2sccn12. The van der Waals surface area contributed by atoms with E-state index < -0.39 is 4.92 Å². The van der Waals surface area contributed by atoms with Crippen LogP contribution in [0.1, 0.15) is 5.76 Å².